The maximum Gasteiger partial charge on any atom is 0.240 e. The minimum absolute atomic E-state index is 0.0782. The Morgan fingerprint density at radius 3 is 2.92 bits per heavy atom. The molecule has 1 heterocycles. The highest BCUT2D eigenvalue weighted by Gasteiger charge is 2.28. The van der Waals surface area contributed by atoms with Crippen molar-refractivity contribution in [1.82, 2.24) is 5.32 Å². The predicted octanol–water partition coefficient (Wildman–Crippen LogP) is 0.0189. The first-order valence-corrected chi connectivity index (χ1v) is 4.74. The number of carbonyl (C=O) groups is 1. The van der Waals surface area contributed by atoms with E-state index >= 15 is 0 Å². The highest BCUT2D eigenvalue weighted by Crippen LogP contribution is 2.08. The quantitative estimate of drug-likeness (QED) is 0.653. The fourth-order valence-corrected chi connectivity index (χ4v) is 1.16. The van der Waals surface area contributed by atoms with Crippen molar-refractivity contribution < 1.29 is 9.53 Å². The van der Waals surface area contributed by atoms with Crippen LogP contribution in [0, 0.1) is 0 Å². The predicted molar refractivity (Wildman–Crippen MR) is 50.3 cm³/mol. The first kappa shape index (κ1) is 10.5. The van der Waals surface area contributed by atoms with E-state index in [0.29, 0.717) is 13.0 Å². The summed E-state index contributed by atoms with van der Waals surface area (Å²) in [6.07, 6.45) is 1.54. The molecule has 0 spiro atoms. The molecule has 0 aromatic rings. The molecule has 13 heavy (non-hydrogen) atoms. The highest BCUT2D eigenvalue weighted by atomic mass is 16.5. The van der Waals surface area contributed by atoms with Crippen LogP contribution >= 0.6 is 0 Å². The average molecular weight is 186 g/mol. The molecule has 4 nitrogen and oxygen atoms in total. The number of hydrogen-bond acceptors (Lipinski definition) is 3. The van der Waals surface area contributed by atoms with Crippen LogP contribution in [0.15, 0.2) is 0 Å². The molecule has 2 unspecified atom stereocenters. The van der Waals surface area contributed by atoms with E-state index in [2.05, 4.69) is 5.32 Å². The van der Waals surface area contributed by atoms with Gasteiger partial charge in [0.1, 0.15) is 0 Å². The van der Waals surface area contributed by atoms with Gasteiger partial charge in [-0.1, -0.05) is 6.92 Å². The van der Waals surface area contributed by atoms with Crippen molar-refractivity contribution in [3.05, 3.63) is 0 Å². The van der Waals surface area contributed by atoms with Gasteiger partial charge in [0, 0.05) is 6.61 Å². The Labute approximate surface area is 78.8 Å². The molecule has 0 radical (unpaired) electrons. The van der Waals surface area contributed by atoms with E-state index < -0.39 is 5.54 Å². The summed E-state index contributed by atoms with van der Waals surface area (Å²) in [6, 6.07) is 0.155. The Morgan fingerprint density at radius 1 is 1.77 bits per heavy atom. The fraction of sp³-hybridized carbons (Fsp3) is 0.889. The van der Waals surface area contributed by atoms with Gasteiger partial charge in [-0.2, -0.15) is 0 Å². The molecule has 1 amide bonds. The minimum atomic E-state index is -0.747. The lowest BCUT2D eigenvalue weighted by molar-refractivity contribution is -0.126. The molecule has 0 aromatic carbocycles. The van der Waals surface area contributed by atoms with Gasteiger partial charge in [0.25, 0.3) is 0 Å². The number of hydrogen-bond donors (Lipinski definition) is 2. The Kier molecular flexibility index (Phi) is 3.27. The second kappa shape index (κ2) is 4.07. The van der Waals surface area contributed by atoms with Crippen LogP contribution in [0.4, 0.5) is 0 Å². The van der Waals surface area contributed by atoms with Crippen molar-refractivity contribution in [3.63, 3.8) is 0 Å². The van der Waals surface area contributed by atoms with E-state index in [1.807, 2.05) is 6.92 Å². The van der Waals surface area contributed by atoms with E-state index in [-0.39, 0.29) is 11.9 Å². The number of nitrogens with one attached hydrogen (secondary N) is 1. The van der Waals surface area contributed by atoms with Crippen LogP contribution in [0.2, 0.25) is 0 Å². The molecule has 0 aliphatic carbocycles. The number of amides is 1. The molecule has 0 bridgehead atoms. The Morgan fingerprint density at radius 2 is 2.46 bits per heavy atom. The van der Waals surface area contributed by atoms with Crippen molar-refractivity contribution in [2.45, 2.75) is 38.3 Å². The maximum absolute atomic E-state index is 11.6. The second-order valence-corrected chi connectivity index (χ2v) is 3.80. The van der Waals surface area contributed by atoms with E-state index in [1.165, 1.54) is 0 Å². The summed E-state index contributed by atoms with van der Waals surface area (Å²) in [5, 5.41) is 2.88. The van der Waals surface area contributed by atoms with Crippen molar-refractivity contribution in [2.75, 3.05) is 13.2 Å². The molecule has 76 valence electrons. The van der Waals surface area contributed by atoms with Gasteiger partial charge in [0.05, 0.1) is 18.2 Å². The van der Waals surface area contributed by atoms with Crippen molar-refractivity contribution >= 4 is 5.91 Å². The van der Waals surface area contributed by atoms with Gasteiger partial charge < -0.3 is 15.8 Å². The molecular formula is C9H18N2O2. The third kappa shape index (κ3) is 2.67. The number of carbonyl (C=O) groups excluding carboxylic acids is 1. The van der Waals surface area contributed by atoms with Crippen LogP contribution < -0.4 is 11.1 Å². The summed E-state index contributed by atoms with van der Waals surface area (Å²) >= 11 is 0. The smallest absolute Gasteiger partial charge is 0.240 e. The largest absolute Gasteiger partial charge is 0.379 e. The van der Waals surface area contributed by atoms with Crippen LogP contribution in [0.25, 0.3) is 0 Å². The molecule has 1 fully saturated rings. The molecule has 0 saturated carbocycles. The van der Waals surface area contributed by atoms with E-state index in [4.69, 9.17) is 10.5 Å². The molecule has 1 aliphatic rings. The first-order chi connectivity index (χ1) is 6.06. The first-order valence-electron chi connectivity index (χ1n) is 4.74. The van der Waals surface area contributed by atoms with E-state index in [9.17, 15) is 4.79 Å². The van der Waals surface area contributed by atoms with Gasteiger partial charge in [0.15, 0.2) is 0 Å². The monoisotopic (exact) mass is 186 g/mol. The standard InChI is InChI=1S/C9H18N2O2/c1-3-9(2,10)8(12)11-7-4-5-13-6-7/h7H,3-6,10H2,1-2H3,(H,11,12). The zero-order valence-electron chi connectivity index (χ0n) is 8.30. The fourth-order valence-electron chi connectivity index (χ4n) is 1.16. The third-order valence-corrected chi connectivity index (χ3v) is 2.52. The topological polar surface area (TPSA) is 64.4 Å². The SMILES string of the molecule is CCC(C)(N)C(=O)NC1CCOC1. The highest BCUT2D eigenvalue weighted by molar-refractivity contribution is 5.85. The van der Waals surface area contributed by atoms with Gasteiger partial charge in [-0.3, -0.25) is 4.79 Å². The molecule has 1 saturated heterocycles. The summed E-state index contributed by atoms with van der Waals surface area (Å²) in [5.41, 5.74) is 5.04. The van der Waals surface area contributed by atoms with Crippen LogP contribution in [-0.4, -0.2) is 30.7 Å². The van der Waals surface area contributed by atoms with Gasteiger partial charge in [0.2, 0.25) is 5.91 Å². The summed E-state index contributed by atoms with van der Waals surface area (Å²) in [6.45, 7) is 5.01. The molecular weight excluding hydrogens is 168 g/mol. The van der Waals surface area contributed by atoms with Gasteiger partial charge in [-0.25, -0.2) is 0 Å². The van der Waals surface area contributed by atoms with Gasteiger partial charge >= 0.3 is 0 Å². The lowest BCUT2D eigenvalue weighted by atomic mass is 9.99. The van der Waals surface area contributed by atoms with E-state index in [0.717, 1.165) is 13.0 Å². The number of ether oxygens (including phenoxy) is 1. The molecule has 1 aliphatic heterocycles. The van der Waals surface area contributed by atoms with E-state index in [1.54, 1.807) is 6.92 Å². The van der Waals surface area contributed by atoms with Crippen LogP contribution in [0.3, 0.4) is 0 Å². The summed E-state index contributed by atoms with van der Waals surface area (Å²) in [4.78, 5) is 11.6. The lowest BCUT2D eigenvalue weighted by Gasteiger charge is -2.23. The average Bonchev–Trinajstić information content (AvgIpc) is 2.57. The lowest BCUT2D eigenvalue weighted by Crippen LogP contribution is -2.53. The van der Waals surface area contributed by atoms with Crippen LogP contribution in [-0.2, 0) is 9.53 Å². The third-order valence-electron chi connectivity index (χ3n) is 2.52. The number of nitrogens with two attached hydrogens (primary N) is 1. The molecule has 4 heteroatoms. The van der Waals surface area contributed by atoms with Gasteiger partial charge in [-0.05, 0) is 19.8 Å². The molecule has 3 N–H and O–H groups in total. The van der Waals surface area contributed by atoms with Crippen LogP contribution in [0.1, 0.15) is 26.7 Å². The molecule has 2 atom stereocenters. The minimum Gasteiger partial charge on any atom is -0.379 e. The van der Waals surface area contributed by atoms with Crippen molar-refractivity contribution in [3.8, 4) is 0 Å². The molecule has 0 aromatic heterocycles. The Bertz CT molecular complexity index is 186. The summed E-state index contributed by atoms with van der Waals surface area (Å²) in [5.74, 6) is -0.0782. The van der Waals surface area contributed by atoms with Crippen molar-refractivity contribution in [2.24, 2.45) is 5.73 Å². The summed E-state index contributed by atoms with van der Waals surface area (Å²) < 4.78 is 5.15. The van der Waals surface area contributed by atoms with Gasteiger partial charge in [-0.15, -0.1) is 0 Å². The number of rotatable bonds is 3. The zero-order valence-corrected chi connectivity index (χ0v) is 8.30. The van der Waals surface area contributed by atoms with Crippen LogP contribution in [0.5, 0.6) is 0 Å². The molecule has 1 rings (SSSR count). The van der Waals surface area contributed by atoms with Crippen molar-refractivity contribution in [1.29, 1.82) is 0 Å². The normalized spacial score (nSPS) is 26.8. The Balaban J connectivity index is 2.39. The zero-order chi connectivity index (χ0) is 9.90. The second-order valence-electron chi connectivity index (χ2n) is 3.80. The maximum atomic E-state index is 11.6. The summed E-state index contributed by atoms with van der Waals surface area (Å²) in [7, 11) is 0. The Hall–Kier alpha value is -0.610.